The van der Waals surface area contributed by atoms with Gasteiger partial charge < -0.3 is 14.7 Å². The highest BCUT2D eigenvalue weighted by Crippen LogP contribution is 2.22. The maximum Gasteiger partial charge on any atom is 0.305 e. The van der Waals surface area contributed by atoms with E-state index in [9.17, 15) is 9.59 Å². The number of carboxylic acids is 1. The van der Waals surface area contributed by atoms with Gasteiger partial charge in [-0.15, -0.1) is 11.3 Å². The number of carbonyl (C=O) groups is 2. The molecule has 0 spiro atoms. The molecule has 2 aromatic rings. The van der Waals surface area contributed by atoms with Gasteiger partial charge >= 0.3 is 5.97 Å². The average molecular weight is 395 g/mol. The first kappa shape index (κ1) is 18.7. The molecule has 1 aliphatic heterocycles. The van der Waals surface area contributed by atoms with E-state index in [-0.39, 0.29) is 24.8 Å². The van der Waals surface area contributed by atoms with Gasteiger partial charge in [0.15, 0.2) is 0 Å². The van der Waals surface area contributed by atoms with Crippen LogP contribution in [0.5, 0.6) is 5.75 Å². The van der Waals surface area contributed by atoms with Crippen LogP contribution in [0.25, 0.3) is 0 Å². The highest BCUT2D eigenvalue weighted by atomic mass is 35.5. The van der Waals surface area contributed by atoms with Crippen LogP contribution in [0.15, 0.2) is 29.6 Å². The minimum atomic E-state index is -0.870. The summed E-state index contributed by atoms with van der Waals surface area (Å²) in [6, 6.07) is 6.89. The summed E-state index contributed by atoms with van der Waals surface area (Å²) in [7, 11) is 0. The van der Waals surface area contributed by atoms with Crippen molar-refractivity contribution in [2.24, 2.45) is 0 Å². The minimum absolute atomic E-state index is 0.00296. The lowest BCUT2D eigenvalue weighted by atomic mass is 10.1. The van der Waals surface area contributed by atoms with E-state index in [0.29, 0.717) is 29.6 Å². The normalized spacial score (nSPS) is 16.7. The van der Waals surface area contributed by atoms with Crippen molar-refractivity contribution >= 4 is 34.8 Å². The number of aromatic nitrogens is 1. The molecule has 26 heavy (non-hydrogen) atoms. The van der Waals surface area contributed by atoms with Gasteiger partial charge in [0.1, 0.15) is 17.4 Å². The molecule has 3 rings (SSSR count). The molecule has 1 fully saturated rings. The molecular formula is C18H19ClN2O4S. The summed E-state index contributed by atoms with van der Waals surface area (Å²) in [5.74, 6) is -0.231. The lowest BCUT2D eigenvalue weighted by molar-refractivity contribution is -0.139. The van der Waals surface area contributed by atoms with E-state index < -0.39 is 5.97 Å². The third kappa shape index (κ3) is 4.95. The molecule has 1 N–H and O–H groups in total. The first-order valence-corrected chi connectivity index (χ1v) is 9.60. The van der Waals surface area contributed by atoms with Gasteiger partial charge in [-0.3, -0.25) is 9.59 Å². The van der Waals surface area contributed by atoms with Gasteiger partial charge in [0.05, 0.1) is 18.5 Å². The Balaban J connectivity index is 1.53. The second-order valence-electron chi connectivity index (χ2n) is 6.13. The number of ether oxygens (including phenoxy) is 1. The highest BCUT2D eigenvalue weighted by molar-refractivity contribution is 7.09. The first-order valence-electron chi connectivity index (χ1n) is 8.34. The van der Waals surface area contributed by atoms with E-state index in [1.807, 2.05) is 5.38 Å². The number of amides is 1. The van der Waals surface area contributed by atoms with Gasteiger partial charge in [-0.05, 0) is 37.1 Å². The fourth-order valence-corrected chi connectivity index (χ4v) is 3.84. The molecule has 6 nitrogen and oxygen atoms in total. The Morgan fingerprint density at radius 3 is 2.85 bits per heavy atom. The van der Waals surface area contributed by atoms with E-state index in [4.69, 9.17) is 21.4 Å². The van der Waals surface area contributed by atoms with Crippen LogP contribution in [0, 0.1) is 0 Å². The number of nitrogens with zero attached hydrogens (tertiary/aromatic N) is 2. The zero-order valence-electron chi connectivity index (χ0n) is 14.1. The molecule has 1 aromatic carbocycles. The number of aliphatic carboxylic acids is 1. The predicted octanol–water partition coefficient (Wildman–Crippen LogP) is 3.38. The van der Waals surface area contributed by atoms with E-state index in [1.165, 1.54) is 11.3 Å². The molecule has 2 heterocycles. The van der Waals surface area contributed by atoms with Gasteiger partial charge in [0.2, 0.25) is 5.91 Å². The monoisotopic (exact) mass is 394 g/mol. The third-order valence-corrected chi connectivity index (χ3v) is 5.34. The Labute approximate surface area is 160 Å². The van der Waals surface area contributed by atoms with Gasteiger partial charge in [-0.25, -0.2) is 4.98 Å². The van der Waals surface area contributed by atoms with Crippen LogP contribution in [-0.2, 0) is 22.6 Å². The van der Waals surface area contributed by atoms with E-state index in [1.54, 1.807) is 29.2 Å². The summed E-state index contributed by atoms with van der Waals surface area (Å²) in [4.78, 5) is 29.5. The minimum Gasteiger partial charge on any atom is -0.486 e. The Hall–Kier alpha value is -2.12. The number of hydrogen-bond acceptors (Lipinski definition) is 5. The number of benzene rings is 1. The summed E-state index contributed by atoms with van der Waals surface area (Å²) in [5.41, 5.74) is 0.690. The quantitative estimate of drug-likeness (QED) is 0.778. The fraction of sp³-hybridized carbons (Fsp3) is 0.389. The van der Waals surface area contributed by atoms with Crippen molar-refractivity contribution in [2.75, 3.05) is 6.54 Å². The standard InChI is InChI=1S/C18H19ClN2O4S/c19-12-3-5-15(6-4-12)25-10-16-20-13(11-26-16)8-17(22)21-7-1-2-14(21)9-18(23)24/h3-6,11,14H,1-2,7-10H2,(H,23,24). The number of carbonyl (C=O) groups excluding carboxylic acids is 1. The topological polar surface area (TPSA) is 79.7 Å². The molecule has 0 bridgehead atoms. The maximum absolute atomic E-state index is 12.5. The van der Waals surface area contributed by atoms with Crippen molar-refractivity contribution in [3.63, 3.8) is 0 Å². The molecular weight excluding hydrogens is 376 g/mol. The lowest BCUT2D eigenvalue weighted by Gasteiger charge is -2.23. The van der Waals surface area contributed by atoms with Crippen molar-refractivity contribution in [1.82, 2.24) is 9.88 Å². The van der Waals surface area contributed by atoms with Crippen LogP contribution in [-0.4, -0.2) is 39.5 Å². The van der Waals surface area contributed by atoms with Crippen molar-refractivity contribution < 1.29 is 19.4 Å². The predicted molar refractivity (Wildman–Crippen MR) is 98.6 cm³/mol. The van der Waals surface area contributed by atoms with Crippen LogP contribution >= 0.6 is 22.9 Å². The number of likely N-dealkylation sites (tertiary alicyclic amines) is 1. The molecule has 1 atom stereocenters. The van der Waals surface area contributed by atoms with Gasteiger partial charge in [0.25, 0.3) is 0 Å². The van der Waals surface area contributed by atoms with Gasteiger partial charge in [-0.2, -0.15) is 0 Å². The molecule has 1 unspecified atom stereocenters. The first-order chi connectivity index (χ1) is 12.5. The van der Waals surface area contributed by atoms with Gasteiger partial charge in [0, 0.05) is 23.0 Å². The van der Waals surface area contributed by atoms with Crippen LogP contribution in [0.3, 0.4) is 0 Å². The second-order valence-corrected chi connectivity index (χ2v) is 7.51. The van der Waals surface area contributed by atoms with E-state index in [0.717, 1.165) is 17.8 Å². The fourth-order valence-electron chi connectivity index (χ4n) is 3.01. The molecule has 1 saturated heterocycles. The third-order valence-electron chi connectivity index (χ3n) is 4.22. The summed E-state index contributed by atoms with van der Waals surface area (Å²) < 4.78 is 5.65. The molecule has 0 saturated carbocycles. The Bertz CT molecular complexity index is 778. The van der Waals surface area contributed by atoms with Crippen LogP contribution in [0.4, 0.5) is 0 Å². The summed E-state index contributed by atoms with van der Waals surface area (Å²) in [5, 5.41) is 12.2. The number of halogens is 1. The largest absolute Gasteiger partial charge is 0.486 e. The van der Waals surface area contributed by atoms with Crippen molar-refractivity contribution in [2.45, 2.75) is 38.3 Å². The van der Waals surface area contributed by atoms with Crippen molar-refractivity contribution in [1.29, 1.82) is 0 Å². The van der Waals surface area contributed by atoms with Gasteiger partial charge in [-0.1, -0.05) is 11.6 Å². The average Bonchev–Trinajstić information content (AvgIpc) is 3.23. The molecule has 1 aromatic heterocycles. The number of rotatable bonds is 7. The molecule has 1 aliphatic rings. The molecule has 0 radical (unpaired) electrons. The Kier molecular flexibility index (Phi) is 6.11. The summed E-state index contributed by atoms with van der Waals surface area (Å²) in [6.45, 7) is 0.944. The summed E-state index contributed by atoms with van der Waals surface area (Å²) >= 11 is 7.28. The number of thiazole rings is 1. The van der Waals surface area contributed by atoms with Crippen LogP contribution < -0.4 is 4.74 Å². The summed E-state index contributed by atoms with van der Waals surface area (Å²) in [6.07, 6.45) is 1.78. The second kappa shape index (κ2) is 8.51. The van der Waals surface area contributed by atoms with Crippen LogP contribution in [0.2, 0.25) is 5.02 Å². The zero-order chi connectivity index (χ0) is 18.5. The number of hydrogen-bond donors (Lipinski definition) is 1. The van der Waals surface area contributed by atoms with Crippen LogP contribution in [0.1, 0.15) is 30.0 Å². The molecule has 0 aliphatic carbocycles. The van der Waals surface area contributed by atoms with E-state index >= 15 is 0 Å². The Morgan fingerprint density at radius 2 is 2.12 bits per heavy atom. The molecule has 1 amide bonds. The smallest absolute Gasteiger partial charge is 0.305 e. The van der Waals surface area contributed by atoms with E-state index in [2.05, 4.69) is 4.98 Å². The van der Waals surface area contributed by atoms with Crippen molar-refractivity contribution in [3.8, 4) is 5.75 Å². The maximum atomic E-state index is 12.5. The molecule has 138 valence electrons. The van der Waals surface area contributed by atoms with Crippen molar-refractivity contribution in [3.05, 3.63) is 45.4 Å². The Morgan fingerprint density at radius 1 is 1.35 bits per heavy atom. The number of carboxylic acid groups (broad SMARTS) is 1. The lowest BCUT2D eigenvalue weighted by Crippen LogP contribution is -2.37. The SMILES string of the molecule is O=C(O)CC1CCCN1C(=O)Cc1csc(COc2ccc(Cl)cc2)n1. The highest BCUT2D eigenvalue weighted by Gasteiger charge is 2.30. The molecule has 8 heteroatoms. The zero-order valence-corrected chi connectivity index (χ0v) is 15.6.